The van der Waals surface area contributed by atoms with E-state index in [1.807, 2.05) is 0 Å². The maximum absolute atomic E-state index is 3.75. The molecule has 1 aliphatic carbocycles. The fourth-order valence-corrected chi connectivity index (χ4v) is 0.407. The van der Waals surface area contributed by atoms with E-state index >= 15 is 0 Å². The molecule has 0 aliphatic heterocycles. The van der Waals surface area contributed by atoms with E-state index < -0.39 is 0 Å². The number of hydrogen-bond donors (Lipinski definition) is 0. The van der Waals surface area contributed by atoms with Crippen LogP contribution in [0.3, 0.4) is 0 Å². The van der Waals surface area contributed by atoms with Gasteiger partial charge in [-0.3, -0.25) is 0 Å². The molecule has 7 heavy (non-hydrogen) atoms. The molecule has 0 unspecified atom stereocenters. The molecule has 1 rings (SSSR count). The Morgan fingerprint density at radius 3 is 1.86 bits per heavy atom. The van der Waals surface area contributed by atoms with Gasteiger partial charge in [0, 0.05) is 19.5 Å². The van der Waals surface area contributed by atoms with Crippen LogP contribution < -0.4 is 0 Å². The third-order valence-electron chi connectivity index (χ3n) is 1.11. The Balaban J connectivity index is 0. The van der Waals surface area contributed by atoms with Crippen LogP contribution in [0.2, 0.25) is 0 Å². The molecule has 0 aromatic rings. The van der Waals surface area contributed by atoms with Crippen LogP contribution in [0.4, 0.5) is 0 Å². The topological polar surface area (TPSA) is 0 Å². The first-order valence-electron chi connectivity index (χ1n) is 2.22. The van der Waals surface area contributed by atoms with Gasteiger partial charge in [0.25, 0.3) is 0 Å². The van der Waals surface area contributed by atoms with Crippen molar-refractivity contribution in [2.24, 2.45) is 5.92 Å². The molecule has 0 spiro atoms. The molecule has 1 saturated carbocycles. The van der Waals surface area contributed by atoms with E-state index in [1.54, 1.807) is 0 Å². The van der Waals surface area contributed by atoms with Crippen molar-refractivity contribution in [1.29, 1.82) is 0 Å². The van der Waals surface area contributed by atoms with Gasteiger partial charge in [-0.25, -0.2) is 0 Å². The van der Waals surface area contributed by atoms with Crippen LogP contribution >= 0.6 is 12.4 Å². The van der Waals surface area contributed by atoms with E-state index in [4.69, 9.17) is 0 Å². The molecule has 40 valence electrons. The molecule has 0 N–H and O–H groups in total. The first-order chi connectivity index (χ1) is 2.43. The van der Waals surface area contributed by atoms with Crippen LogP contribution in [0.15, 0.2) is 0 Å². The summed E-state index contributed by atoms with van der Waals surface area (Å²) in [6.45, 7) is 3.75. The Morgan fingerprint density at radius 2 is 1.86 bits per heavy atom. The van der Waals surface area contributed by atoms with Crippen molar-refractivity contribution in [2.75, 3.05) is 0 Å². The number of halogens is 1. The minimum atomic E-state index is 0. The predicted octanol–water partition coefficient (Wildman–Crippen LogP) is 2.04. The van der Waals surface area contributed by atoms with Gasteiger partial charge in [-0.1, -0.05) is 18.8 Å². The van der Waals surface area contributed by atoms with Gasteiger partial charge in [-0.05, 0) is 0 Å². The second-order valence-electron chi connectivity index (χ2n) is 1.73. The van der Waals surface area contributed by atoms with E-state index in [-0.39, 0.29) is 31.9 Å². The normalized spacial score (nSPS) is 16.7. The SMILES string of the molecule is Cl.[CH2-]CC1CC1.[Zn]. The minimum Gasteiger partial charge on any atom is -0.343 e. The Morgan fingerprint density at radius 1 is 1.43 bits per heavy atom. The zero-order valence-corrected chi connectivity index (χ0v) is 8.30. The molecule has 1 fully saturated rings. The van der Waals surface area contributed by atoms with Crippen molar-refractivity contribution in [2.45, 2.75) is 19.3 Å². The molecule has 0 aromatic carbocycles. The van der Waals surface area contributed by atoms with E-state index in [9.17, 15) is 0 Å². The van der Waals surface area contributed by atoms with Crippen molar-refractivity contribution in [3.63, 3.8) is 0 Å². The number of rotatable bonds is 1. The Kier molecular flexibility index (Phi) is 7.82. The van der Waals surface area contributed by atoms with Gasteiger partial charge < -0.3 is 6.92 Å². The Bertz CT molecular complexity index is 35.1. The largest absolute Gasteiger partial charge is 0.343 e. The summed E-state index contributed by atoms with van der Waals surface area (Å²) >= 11 is 0. The summed E-state index contributed by atoms with van der Waals surface area (Å²) in [6.07, 6.45) is 4.06. The third-order valence-corrected chi connectivity index (χ3v) is 1.11. The molecule has 1 aliphatic rings. The van der Waals surface area contributed by atoms with E-state index in [1.165, 1.54) is 19.3 Å². The van der Waals surface area contributed by atoms with Crippen molar-refractivity contribution in [3.05, 3.63) is 6.92 Å². The van der Waals surface area contributed by atoms with Gasteiger partial charge in [0.15, 0.2) is 0 Å². The van der Waals surface area contributed by atoms with Crippen molar-refractivity contribution in [1.82, 2.24) is 0 Å². The minimum absolute atomic E-state index is 0. The monoisotopic (exact) mass is 169 g/mol. The molecule has 0 radical (unpaired) electrons. The van der Waals surface area contributed by atoms with Crippen molar-refractivity contribution in [3.8, 4) is 0 Å². The number of hydrogen-bond acceptors (Lipinski definition) is 0. The summed E-state index contributed by atoms with van der Waals surface area (Å²) in [5, 5.41) is 0. The molecule has 0 nitrogen and oxygen atoms in total. The van der Waals surface area contributed by atoms with Crippen molar-refractivity contribution >= 4 is 12.4 Å². The van der Waals surface area contributed by atoms with Gasteiger partial charge >= 0.3 is 0 Å². The average Bonchev–Trinajstić information content (AvgIpc) is 2.12. The van der Waals surface area contributed by atoms with Gasteiger partial charge in [-0.15, -0.1) is 12.4 Å². The van der Waals surface area contributed by atoms with Crippen LogP contribution in [-0.2, 0) is 19.5 Å². The van der Waals surface area contributed by atoms with Crippen molar-refractivity contribution < 1.29 is 19.5 Å². The molecule has 0 amide bonds. The quantitative estimate of drug-likeness (QED) is 0.418. The smallest absolute Gasteiger partial charge is 0 e. The molecular weight excluding hydrogens is 161 g/mol. The first-order valence-corrected chi connectivity index (χ1v) is 2.22. The fraction of sp³-hybridized carbons (Fsp3) is 0.800. The van der Waals surface area contributed by atoms with Crippen LogP contribution in [-0.4, -0.2) is 0 Å². The molecule has 0 atom stereocenters. The summed E-state index contributed by atoms with van der Waals surface area (Å²) in [6, 6.07) is 0. The van der Waals surface area contributed by atoms with Crippen LogP contribution in [0, 0.1) is 12.8 Å². The predicted molar refractivity (Wildman–Crippen MR) is 29.9 cm³/mol. The zero-order valence-electron chi connectivity index (χ0n) is 4.52. The second-order valence-corrected chi connectivity index (χ2v) is 1.73. The third kappa shape index (κ3) is 4.77. The molecule has 0 bridgehead atoms. The molecule has 0 aromatic heterocycles. The van der Waals surface area contributed by atoms with E-state index in [0.29, 0.717) is 0 Å². The Labute approximate surface area is 64.2 Å². The van der Waals surface area contributed by atoms with Gasteiger partial charge in [0.05, 0.1) is 0 Å². The molecular formula is C5H10ClZn-. The van der Waals surface area contributed by atoms with E-state index in [2.05, 4.69) is 6.92 Å². The molecule has 2 heteroatoms. The molecule has 0 heterocycles. The summed E-state index contributed by atoms with van der Waals surface area (Å²) < 4.78 is 0. The Hall–Kier alpha value is 0.913. The van der Waals surface area contributed by atoms with E-state index in [0.717, 1.165) is 5.92 Å². The maximum atomic E-state index is 3.75. The summed E-state index contributed by atoms with van der Waals surface area (Å²) in [5.74, 6) is 1.02. The summed E-state index contributed by atoms with van der Waals surface area (Å²) in [4.78, 5) is 0. The maximum Gasteiger partial charge on any atom is 0 e. The molecule has 0 saturated heterocycles. The van der Waals surface area contributed by atoms with Gasteiger partial charge in [0.1, 0.15) is 0 Å². The average molecular weight is 171 g/mol. The zero-order chi connectivity index (χ0) is 3.70. The van der Waals surface area contributed by atoms with Crippen LogP contribution in [0.25, 0.3) is 0 Å². The summed E-state index contributed by atoms with van der Waals surface area (Å²) in [5.41, 5.74) is 0. The van der Waals surface area contributed by atoms with Crippen LogP contribution in [0.1, 0.15) is 19.3 Å². The van der Waals surface area contributed by atoms with Crippen LogP contribution in [0.5, 0.6) is 0 Å². The second kappa shape index (κ2) is 5.06. The van der Waals surface area contributed by atoms with Gasteiger partial charge in [-0.2, -0.15) is 6.42 Å². The summed E-state index contributed by atoms with van der Waals surface area (Å²) in [7, 11) is 0. The fourth-order valence-electron chi connectivity index (χ4n) is 0.407. The standard InChI is InChI=1S/C5H9.ClH.Zn/c1-2-5-3-4-5;;/h5H,1-4H2;1H;/q-1;;. The van der Waals surface area contributed by atoms with Gasteiger partial charge in [0.2, 0.25) is 0 Å². The first kappa shape index (κ1) is 10.8.